The van der Waals surface area contributed by atoms with Crippen LogP contribution in [0.4, 0.5) is 5.69 Å². The molecular weight excluding hydrogens is 342 g/mol. The summed E-state index contributed by atoms with van der Waals surface area (Å²) in [6.45, 7) is 2.31. The van der Waals surface area contributed by atoms with Crippen LogP contribution in [-0.4, -0.2) is 38.5 Å². The number of pyridine rings is 1. The van der Waals surface area contributed by atoms with E-state index in [2.05, 4.69) is 15.3 Å². The highest BCUT2D eigenvalue weighted by Gasteiger charge is 2.30. The van der Waals surface area contributed by atoms with Crippen molar-refractivity contribution in [2.75, 3.05) is 11.4 Å². The van der Waals surface area contributed by atoms with Crippen LogP contribution in [0, 0.1) is 0 Å². The summed E-state index contributed by atoms with van der Waals surface area (Å²) in [6.07, 6.45) is 3.06. The molecule has 1 aromatic carbocycles. The lowest BCUT2D eigenvalue weighted by atomic mass is 10.2. The molecule has 0 saturated carbocycles. The SMILES string of the molecule is C[C@@H]1CN(C(=O)c2cn(-c3cccc(Cl)c3)nn2)c2cccnc2O1. The van der Waals surface area contributed by atoms with Crippen molar-refractivity contribution in [2.24, 2.45) is 0 Å². The summed E-state index contributed by atoms with van der Waals surface area (Å²) in [7, 11) is 0. The molecule has 0 fully saturated rings. The Kier molecular flexibility index (Phi) is 3.85. The van der Waals surface area contributed by atoms with E-state index in [9.17, 15) is 4.79 Å². The highest BCUT2D eigenvalue weighted by atomic mass is 35.5. The van der Waals surface area contributed by atoms with Crippen LogP contribution >= 0.6 is 11.6 Å². The zero-order valence-electron chi connectivity index (χ0n) is 13.3. The third-order valence-electron chi connectivity index (χ3n) is 3.82. The lowest BCUT2D eigenvalue weighted by Crippen LogP contribution is -2.42. The Labute approximate surface area is 148 Å². The number of nitrogens with zero attached hydrogens (tertiary/aromatic N) is 5. The Morgan fingerprint density at radius 3 is 3.04 bits per heavy atom. The summed E-state index contributed by atoms with van der Waals surface area (Å²) in [4.78, 5) is 18.7. The number of anilines is 1. The normalized spacial score (nSPS) is 16.2. The van der Waals surface area contributed by atoms with Crippen molar-refractivity contribution in [2.45, 2.75) is 13.0 Å². The Hall–Kier alpha value is -2.93. The molecule has 7 nitrogen and oxygen atoms in total. The predicted molar refractivity (Wildman–Crippen MR) is 92.4 cm³/mol. The summed E-state index contributed by atoms with van der Waals surface area (Å²) < 4.78 is 7.20. The van der Waals surface area contributed by atoms with Crippen LogP contribution in [0.2, 0.25) is 5.02 Å². The highest BCUT2D eigenvalue weighted by molar-refractivity contribution is 6.30. The van der Waals surface area contributed by atoms with Crippen LogP contribution in [0.15, 0.2) is 48.8 Å². The summed E-state index contributed by atoms with van der Waals surface area (Å²) in [5.74, 6) is 0.189. The fourth-order valence-electron chi connectivity index (χ4n) is 2.70. The maximum Gasteiger partial charge on any atom is 0.280 e. The number of hydrogen-bond donors (Lipinski definition) is 0. The minimum atomic E-state index is -0.252. The molecule has 0 spiro atoms. The summed E-state index contributed by atoms with van der Waals surface area (Å²) in [6, 6.07) is 10.7. The molecule has 1 amide bonds. The number of aromatic nitrogens is 4. The Morgan fingerprint density at radius 2 is 2.20 bits per heavy atom. The number of benzene rings is 1. The van der Waals surface area contributed by atoms with Gasteiger partial charge in [0.25, 0.3) is 5.91 Å². The van der Waals surface area contributed by atoms with Gasteiger partial charge in [0.15, 0.2) is 5.69 Å². The van der Waals surface area contributed by atoms with Gasteiger partial charge in [0.1, 0.15) is 11.8 Å². The van der Waals surface area contributed by atoms with Crippen LogP contribution in [0.25, 0.3) is 5.69 Å². The van der Waals surface area contributed by atoms with Gasteiger partial charge in [0.2, 0.25) is 5.88 Å². The number of fused-ring (bicyclic) bond motifs is 1. The fourth-order valence-corrected chi connectivity index (χ4v) is 2.88. The van der Waals surface area contributed by atoms with Crippen molar-refractivity contribution < 1.29 is 9.53 Å². The molecule has 0 saturated heterocycles. The molecule has 3 aromatic rings. The van der Waals surface area contributed by atoms with Gasteiger partial charge in [0, 0.05) is 11.2 Å². The molecule has 0 aliphatic carbocycles. The van der Waals surface area contributed by atoms with Gasteiger partial charge in [-0.1, -0.05) is 22.9 Å². The number of amides is 1. The van der Waals surface area contributed by atoms with E-state index < -0.39 is 0 Å². The first-order valence-electron chi connectivity index (χ1n) is 7.73. The van der Waals surface area contributed by atoms with Gasteiger partial charge in [-0.15, -0.1) is 5.10 Å². The molecule has 8 heteroatoms. The van der Waals surface area contributed by atoms with Gasteiger partial charge < -0.3 is 4.74 Å². The average Bonchev–Trinajstić information content (AvgIpc) is 3.10. The number of carbonyl (C=O) groups is 1. The zero-order chi connectivity index (χ0) is 17.4. The number of ether oxygens (including phenoxy) is 1. The Bertz CT molecular complexity index is 942. The number of hydrogen-bond acceptors (Lipinski definition) is 5. The molecule has 1 aliphatic rings. The summed E-state index contributed by atoms with van der Waals surface area (Å²) in [5.41, 5.74) is 1.60. The molecule has 25 heavy (non-hydrogen) atoms. The van der Waals surface area contributed by atoms with E-state index in [-0.39, 0.29) is 17.7 Å². The van der Waals surface area contributed by atoms with Gasteiger partial charge in [-0.05, 0) is 37.3 Å². The van der Waals surface area contributed by atoms with E-state index in [1.165, 1.54) is 4.68 Å². The van der Waals surface area contributed by atoms with E-state index in [0.29, 0.717) is 23.1 Å². The third-order valence-corrected chi connectivity index (χ3v) is 4.06. The second-order valence-electron chi connectivity index (χ2n) is 5.70. The number of rotatable bonds is 2. The van der Waals surface area contributed by atoms with Crippen LogP contribution in [0.1, 0.15) is 17.4 Å². The van der Waals surface area contributed by atoms with E-state index in [4.69, 9.17) is 16.3 Å². The first kappa shape index (κ1) is 15.6. The molecule has 2 aromatic heterocycles. The molecule has 126 valence electrons. The van der Waals surface area contributed by atoms with E-state index in [1.54, 1.807) is 41.6 Å². The number of carbonyl (C=O) groups excluding carboxylic acids is 1. The van der Waals surface area contributed by atoms with Gasteiger partial charge in [-0.2, -0.15) is 0 Å². The lowest BCUT2D eigenvalue weighted by molar-refractivity contribution is 0.0954. The fraction of sp³-hybridized carbons (Fsp3) is 0.176. The Balaban J connectivity index is 1.66. The van der Waals surface area contributed by atoms with Crippen molar-refractivity contribution in [1.82, 2.24) is 20.0 Å². The van der Waals surface area contributed by atoms with Gasteiger partial charge in [-0.25, -0.2) is 9.67 Å². The molecule has 3 heterocycles. The van der Waals surface area contributed by atoms with Crippen molar-refractivity contribution in [3.8, 4) is 11.6 Å². The first-order chi connectivity index (χ1) is 12.1. The minimum Gasteiger partial charge on any atom is -0.471 e. The largest absolute Gasteiger partial charge is 0.471 e. The molecule has 1 aliphatic heterocycles. The topological polar surface area (TPSA) is 73.1 Å². The lowest BCUT2D eigenvalue weighted by Gasteiger charge is -2.31. The first-order valence-corrected chi connectivity index (χ1v) is 8.11. The van der Waals surface area contributed by atoms with Gasteiger partial charge in [-0.3, -0.25) is 9.69 Å². The molecule has 0 radical (unpaired) electrons. The average molecular weight is 356 g/mol. The van der Waals surface area contributed by atoms with Gasteiger partial charge in [0.05, 0.1) is 18.4 Å². The second-order valence-corrected chi connectivity index (χ2v) is 6.14. The van der Waals surface area contributed by atoms with Crippen molar-refractivity contribution in [3.05, 3.63) is 59.5 Å². The molecule has 0 unspecified atom stereocenters. The van der Waals surface area contributed by atoms with Crippen LogP contribution in [0.5, 0.6) is 5.88 Å². The molecule has 4 rings (SSSR count). The van der Waals surface area contributed by atoms with Crippen molar-refractivity contribution in [3.63, 3.8) is 0 Å². The van der Waals surface area contributed by atoms with Crippen molar-refractivity contribution >= 4 is 23.2 Å². The quantitative estimate of drug-likeness (QED) is 0.706. The highest BCUT2D eigenvalue weighted by Crippen LogP contribution is 2.31. The molecular formula is C17H14ClN5O2. The monoisotopic (exact) mass is 355 g/mol. The van der Waals surface area contributed by atoms with E-state index >= 15 is 0 Å². The molecule has 1 atom stereocenters. The van der Waals surface area contributed by atoms with Crippen molar-refractivity contribution in [1.29, 1.82) is 0 Å². The number of halogens is 1. The van der Waals surface area contributed by atoms with E-state index in [0.717, 1.165) is 5.69 Å². The Morgan fingerprint density at radius 1 is 1.32 bits per heavy atom. The zero-order valence-corrected chi connectivity index (χ0v) is 14.1. The molecule has 0 bridgehead atoms. The standard InChI is InChI=1S/C17H14ClN5O2/c1-11-9-22(15-6-3-7-19-16(15)25-11)17(24)14-10-23(21-20-14)13-5-2-4-12(18)8-13/h2-8,10-11H,9H2,1H3/t11-/m1/s1. The predicted octanol–water partition coefficient (Wildman–Crippen LogP) is 2.74. The smallest absolute Gasteiger partial charge is 0.280 e. The molecule has 0 N–H and O–H groups in total. The van der Waals surface area contributed by atoms with Crippen LogP contribution in [-0.2, 0) is 0 Å². The minimum absolute atomic E-state index is 0.158. The van der Waals surface area contributed by atoms with Crippen LogP contribution < -0.4 is 9.64 Å². The third kappa shape index (κ3) is 2.94. The second kappa shape index (κ2) is 6.18. The van der Waals surface area contributed by atoms with E-state index in [1.807, 2.05) is 19.1 Å². The van der Waals surface area contributed by atoms with Crippen LogP contribution in [0.3, 0.4) is 0 Å². The maximum atomic E-state index is 12.9. The summed E-state index contributed by atoms with van der Waals surface area (Å²) >= 11 is 6.00. The maximum absolute atomic E-state index is 12.9. The summed E-state index contributed by atoms with van der Waals surface area (Å²) in [5, 5.41) is 8.63. The van der Waals surface area contributed by atoms with Gasteiger partial charge >= 0.3 is 0 Å².